The van der Waals surface area contributed by atoms with Gasteiger partial charge in [0.25, 0.3) is 0 Å². The fourth-order valence-electron chi connectivity index (χ4n) is 1.50. The van der Waals surface area contributed by atoms with Crippen molar-refractivity contribution in [2.45, 2.75) is 26.4 Å². The molecular formula is C12H16O. The normalized spacial score (nSPS) is 12.5. The average Bonchev–Trinajstić information content (AvgIpc) is 2.03. The molecule has 1 N–H and O–H groups in total. The van der Waals surface area contributed by atoms with Gasteiger partial charge in [-0.15, -0.1) is 6.58 Å². The van der Waals surface area contributed by atoms with Gasteiger partial charge >= 0.3 is 0 Å². The topological polar surface area (TPSA) is 20.2 Å². The van der Waals surface area contributed by atoms with Crippen molar-refractivity contribution in [3.05, 3.63) is 47.5 Å². The summed E-state index contributed by atoms with van der Waals surface area (Å²) in [6.07, 6.45) is 1.95. The molecule has 1 atom stereocenters. The fourth-order valence-corrected chi connectivity index (χ4v) is 1.50. The smallest absolute Gasteiger partial charge is 0.0824 e. The lowest BCUT2D eigenvalue weighted by Gasteiger charge is -2.10. The van der Waals surface area contributed by atoms with Crippen LogP contribution in [0, 0.1) is 13.8 Å². The van der Waals surface area contributed by atoms with Crippen molar-refractivity contribution in [3.63, 3.8) is 0 Å². The van der Waals surface area contributed by atoms with Crippen molar-refractivity contribution in [3.8, 4) is 0 Å². The van der Waals surface area contributed by atoms with Crippen LogP contribution in [0.25, 0.3) is 0 Å². The van der Waals surface area contributed by atoms with Crippen molar-refractivity contribution in [2.24, 2.45) is 0 Å². The van der Waals surface area contributed by atoms with Crippen LogP contribution in [-0.2, 0) is 0 Å². The lowest BCUT2D eigenvalue weighted by Crippen LogP contribution is -1.96. The Balaban J connectivity index is 2.93. The van der Waals surface area contributed by atoms with Crippen LogP contribution >= 0.6 is 0 Å². The van der Waals surface area contributed by atoms with E-state index in [4.69, 9.17) is 0 Å². The largest absolute Gasteiger partial charge is 0.388 e. The van der Waals surface area contributed by atoms with Gasteiger partial charge in [-0.25, -0.2) is 0 Å². The molecule has 0 unspecified atom stereocenters. The maximum absolute atomic E-state index is 9.70. The van der Waals surface area contributed by atoms with Crippen LogP contribution in [0.1, 0.15) is 29.2 Å². The van der Waals surface area contributed by atoms with Gasteiger partial charge in [-0.05, 0) is 25.8 Å². The molecule has 0 aliphatic heterocycles. The van der Waals surface area contributed by atoms with E-state index in [1.54, 1.807) is 6.08 Å². The van der Waals surface area contributed by atoms with Crippen LogP contribution in [-0.4, -0.2) is 5.11 Å². The number of hydrogen-bond acceptors (Lipinski definition) is 1. The third-order valence-corrected chi connectivity index (χ3v) is 2.02. The minimum Gasteiger partial charge on any atom is -0.388 e. The molecule has 0 saturated heterocycles. The Hall–Kier alpha value is -1.08. The van der Waals surface area contributed by atoms with Crippen LogP contribution in [0.5, 0.6) is 0 Å². The maximum atomic E-state index is 9.70. The zero-order chi connectivity index (χ0) is 9.84. The molecule has 0 fully saturated rings. The second kappa shape index (κ2) is 4.24. The van der Waals surface area contributed by atoms with Gasteiger partial charge in [-0.2, -0.15) is 0 Å². The van der Waals surface area contributed by atoms with E-state index in [-0.39, 0.29) is 0 Å². The summed E-state index contributed by atoms with van der Waals surface area (Å²) in [4.78, 5) is 0. The van der Waals surface area contributed by atoms with E-state index in [0.29, 0.717) is 6.42 Å². The molecule has 0 saturated carbocycles. The molecule has 0 aliphatic rings. The van der Waals surface area contributed by atoms with Crippen LogP contribution in [0.4, 0.5) is 0 Å². The first-order valence-corrected chi connectivity index (χ1v) is 4.50. The van der Waals surface area contributed by atoms with E-state index in [2.05, 4.69) is 12.6 Å². The molecule has 0 aliphatic carbocycles. The zero-order valence-electron chi connectivity index (χ0n) is 8.25. The van der Waals surface area contributed by atoms with Crippen LogP contribution in [0.15, 0.2) is 30.9 Å². The minimum absolute atomic E-state index is 0.406. The summed E-state index contributed by atoms with van der Waals surface area (Å²) in [5.74, 6) is 0. The molecule has 0 radical (unpaired) electrons. The molecule has 0 heterocycles. The summed E-state index contributed by atoms with van der Waals surface area (Å²) >= 11 is 0. The second-order valence-electron chi connectivity index (χ2n) is 3.46. The van der Waals surface area contributed by atoms with Crippen molar-refractivity contribution in [2.75, 3.05) is 0 Å². The Morgan fingerprint density at radius 2 is 1.85 bits per heavy atom. The maximum Gasteiger partial charge on any atom is 0.0824 e. The van der Waals surface area contributed by atoms with E-state index < -0.39 is 6.10 Å². The molecule has 1 aromatic carbocycles. The van der Waals surface area contributed by atoms with E-state index in [9.17, 15) is 5.11 Å². The minimum atomic E-state index is -0.406. The number of aliphatic hydroxyl groups is 1. The van der Waals surface area contributed by atoms with Crippen LogP contribution < -0.4 is 0 Å². The van der Waals surface area contributed by atoms with Crippen molar-refractivity contribution in [1.82, 2.24) is 0 Å². The predicted molar refractivity (Wildman–Crippen MR) is 55.7 cm³/mol. The highest BCUT2D eigenvalue weighted by molar-refractivity contribution is 5.30. The SMILES string of the molecule is C=CC[C@H](O)c1cc(C)cc(C)c1. The van der Waals surface area contributed by atoms with Gasteiger partial charge < -0.3 is 5.11 Å². The lowest BCUT2D eigenvalue weighted by molar-refractivity contribution is 0.181. The Morgan fingerprint density at radius 3 is 2.31 bits per heavy atom. The summed E-state index contributed by atoms with van der Waals surface area (Å²) in [5.41, 5.74) is 3.37. The highest BCUT2D eigenvalue weighted by atomic mass is 16.3. The summed E-state index contributed by atoms with van der Waals surface area (Å²) in [5, 5.41) is 9.70. The summed E-state index contributed by atoms with van der Waals surface area (Å²) in [7, 11) is 0. The number of benzene rings is 1. The van der Waals surface area contributed by atoms with Gasteiger partial charge in [-0.1, -0.05) is 35.4 Å². The van der Waals surface area contributed by atoms with Gasteiger partial charge in [0.15, 0.2) is 0 Å². The predicted octanol–water partition coefficient (Wildman–Crippen LogP) is 2.91. The van der Waals surface area contributed by atoms with Crippen molar-refractivity contribution >= 4 is 0 Å². The molecule has 70 valence electrons. The number of hydrogen-bond donors (Lipinski definition) is 1. The molecule has 1 aromatic rings. The molecule has 13 heavy (non-hydrogen) atoms. The van der Waals surface area contributed by atoms with Gasteiger partial charge in [0, 0.05) is 0 Å². The van der Waals surface area contributed by atoms with Crippen molar-refractivity contribution < 1.29 is 5.11 Å². The summed E-state index contributed by atoms with van der Waals surface area (Å²) < 4.78 is 0. The third kappa shape index (κ3) is 2.71. The number of aryl methyl sites for hydroxylation is 2. The molecular weight excluding hydrogens is 160 g/mol. The third-order valence-electron chi connectivity index (χ3n) is 2.02. The Bertz CT molecular complexity index is 282. The fraction of sp³-hybridized carbons (Fsp3) is 0.333. The first-order chi connectivity index (χ1) is 6.13. The zero-order valence-corrected chi connectivity index (χ0v) is 8.25. The van der Waals surface area contributed by atoms with Gasteiger partial charge in [0.1, 0.15) is 0 Å². The Labute approximate surface area is 79.7 Å². The van der Waals surface area contributed by atoms with Crippen molar-refractivity contribution in [1.29, 1.82) is 0 Å². The summed E-state index contributed by atoms with van der Waals surface area (Å²) in [6.45, 7) is 7.69. The second-order valence-corrected chi connectivity index (χ2v) is 3.46. The monoisotopic (exact) mass is 176 g/mol. The molecule has 0 amide bonds. The number of rotatable bonds is 3. The van der Waals surface area contributed by atoms with Crippen LogP contribution in [0.2, 0.25) is 0 Å². The van der Waals surface area contributed by atoms with E-state index >= 15 is 0 Å². The number of aliphatic hydroxyl groups excluding tert-OH is 1. The molecule has 1 nitrogen and oxygen atoms in total. The molecule has 0 aromatic heterocycles. The Kier molecular flexibility index (Phi) is 3.26. The average molecular weight is 176 g/mol. The van der Waals surface area contributed by atoms with E-state index in [0.717, 1.165) is 5.56 Å². The molecule has 1 rings (SSSR count). The van der Waals surface area contributed by atoms with E-state index in [1.165, 1.54) is 11.1 Å². The molecule has 0 spiro atoms. The van der Waals surface area contributed by atoms with Gasteiger partial charge in [0.05, 0.1) is 6.10 Å². The first-order valence-electron chi connectivity index (χ1n) is 4.50. The molecule has 1 heteroatoms. The first kappa shape index (κ1) is 10.0. The molecule has 0 bridgehead atoms. The summed E-state index contributed by atoms with van der Waals surface area (Å²) in [6, 6.07) is 6.13. The quantitative estimate of drug-likeness (QED) is 0.702. The Morgan fingerprint density at radius 1 is 1.31 bits per heavy atom. The highest BCUT2D eigenvalue weighted by Crippen LogP contribution is 2.19. The standard InChI is InChI=1S/C12H16O/c1-4-5-12(13)11-7-9(2)6-10(3)8-11/h4,6-8,12-13H,1,5H2,2-3H3/t12-/m0/s1. The highest BCUT2D eigenvalue weighted by Gasteiger charge is 2.05. The van der Waals surface area contributed by atoms with Crippen LogP contribution in [0.3, 0.4) is 0 Å². The van der Waals surface area contributed by atoms with Gasteiger partial charge in [0.2, 0.25) is 0 Å². The van der Waals surface area contributed by atoms with E-state index in [1.807, 2.05) is 26.0 Å². The lowest BCUT2D eigenvalue weighted by atomic mass is 10.0. The van der Waals surface area contributed by atoms with Gasteiger partial charge in [-0.3, -0.25) is 0 Å².